The van der Waals surface area contributed by atoms with Crippen LogP contribution < -0.4 is 25.0 Å². The Labute approximate surface area is 229 Å². The molecule has 2 N–H and O–H groups in total. The molecule has 0 bridgehead atoms. The number of carbonyl (C=O) groups is 2. The van der Waals surface area contributed by atoms with Crippen molar-refractivity contribution >= 4 is 23.1 Å². The van der Waals surface area contributed by atoms with E-state index in [2.05, 4.69) is 29.5 Å². The van der Waals surface area contributed by atoms with E-state index < -0.39 is 6.04 Å². The van der Waals surface area contributed by atoms with Gasteiger partial charge >= 0.3 is 0 Å². The highest BCUT2D eigenvalue weighted by Gasteiger charge is 2.42. The quantitative estimate of drug-likeness (QED) is 0.446. The Bertz CT molecular complexity index is 1420. The van der Waals surface area contributed by atoms with Crippen molar-refractivity contribution in [2.75, 3.05) is 31.0 Å². The van der Waals surface area contributed by atoms with Gasteiger partial charge in [-0.1, -0.05) is 32.0 Å². The molecule has 0 fully saturated rings. The standard InChI is InChI=1S/C31H34N4O4/c1-31(2)15-24-29(26(36)16-31)30(22-14-21(38-3)11-12-27(22)39-4)35(25-10-6-5-9-23(25)34-24)19-28(37)33-18-20-8-7-13-32-17-20/h5-14,17,30,34H,15-16,18-19H2,1-4H3,(H,33,37). The number of benzene rings is 2. The van der Waals surface area contributed by atoms with Crippen LogP contribution in [0.2, 0.25) is 0 Å². The van der Waals surface area contributed by atoms with Gasteiger partial charge in [0.05, 0.1) is 38.2 Å². The van der Waals surface area contributed by atoms with Gasteiger partial charge in [0.15, 0.2) is 5.78 Å². The first-order valence-corrected chi connectivity index (χ1v) is 13.1. The summed E-state index contributed by atoms with van der Waals surface area (Å²) >= 11 is 0. The zero-order valence-corrected chi connectivity index (χ0v) is 22.8. The Morgan fingerprint density at radius 3 is 2.67 bits per heavy atom. The van der Waals surface area contributed by atoms with E-state index in [0.29, 0.717) is 36.5 Å². The number of methoxy groups -OCH3 is 2. The molecule has 202 valence electrons. The topological polar surface area (TPSA) is 92.8 Å². The molecule has 1 aliphatic heterocycles. The Kier molecular flexibility index (Phi) is 7.28. The first kappa shape index (κ1) is 26.3. The molecule has 1 aromatic heterocycles. The average molecular weight is 527 g/mol. The molecule has 8 nitrogen and oxygen atoms in total. The summed E-state index contributed by atoms with van der Waals surface area (Å²) in [6.07, 6.45) is 4.54. The second-order valence-electron chi connectivity index (χ2n) is 10.8. The molecular weight excluding hydrogens is 492 g/mol. The number of pyridine rings is 1. The number of aromatic nitrogens is 1. The molecule has 1 amide bonds. The number of rotatable bonds is 7. The Morgan fingerprint density at radius 2 is 1.92 bits per heavy atom. The predicted octanol–water partition coefficient (Wildman–Crippen LogP) is 5.03. The summed E-state index contributed by atoms with van der Waals surface area (Å²) in [6.45, 7) is 4.60. The summed E-state index contributed by atoms with van der Waals surface area (Å²) in [5.74, 6) is 1.14. The molecule has 39 heavy (non-hydrogen) atoms. The van der Waals surface area contributed by atoms with Crippen molar-refractivity contribution in [3.05, 3.63) is 89.4 Å². The number of nitrogens with one attached hydrogen (secondary N) is 2. The van der Waals surface area contributed by atoms with Crippen LogP contribution in [0.1, 0.15) is 43.9 Å². The third kappa shape index (κ3) is 5.46. The van der Waals surface area contributed by atoms with Gasteiger partial charge in [0.25, 0.3) is 0 Å². The highest BCUT2D eigenvalue weighted by atomic mass is 16.5. The number of ether oxygens (including phenoxy) is 2. The molecule has 5 rings (SSSR count). The summed E-state index contributed by atoms with van der Waals surface area (Å²) in [4.78, 5) is 33.5. The predicted molar refractivity (Wildman–Crippen MR) is 151 cm³/mol. The summed E-state index contributed by atoms with van der Waals surface area (Å²) in [6, 6.07) is 16.6. The van der Waals surface area contributed by atoms with Gasteiger partial charge in [-0.15, -0.1) is 0 Å². The third-order valence-corrected chi connectivity index (χ3v) is 7.26. The summed E-state index contributed by atoms with van der Waals surface area (Å²) in [5.41, 5.74) is 4.66. The lowest BCUT2D eigenvalue weighted by atomic mass is 9.73. The molecule has 8 heteroatoms. The molecule has 2 aliphatic rings. The number of amides is 1. The molecule has 2 aromatic carbocycles. The number of ketones is 1. The van der Waals surface area contributed by atoms with Crippen molar-refractivity contribution in [2.24, 2.45) is 5.41 Å². The van der Waals surface area contributed by atoms with Crippen LogP contribution in [0.15, 0.2) is 78.3 Å². The molecule has 1 aliphatic carbocycles. The first-order valence-electron chi connectivity index (χ1n) is 13.1. The van der Waals surface area contributed by atoms with Crippen molar-refractivity contribution in [3.63, 3.8) is 0 Å². The van der Waals surface area contributed by atoms with Crippen LogP contribution in [0.5, 0.6) is 11.5 Å². The number of hydrogen-bond donors (Lipinski definition) is 2. The average Bonchev–Trinajstić information content (AvgIpc) is 3.05. The van der Waals surface area contributed by atoms with E-state index in [0.717, 1.165) is 28.2 Å². The van der Waals surface area contributed by atoms with Crippen LogP contribution >= 0.6 is 0 Å². The molecule has 0 saturated heterocycles. The van der Waals surface area contributed by atoms with Gasteiger partial charge in [-0.2, -0.15) is 0 Å². The number of hydrogen-bond acceptors (Lipinski definition) is 7. The highest BCUT2D eigenvalue weighted by molar-refractivity contribution is 6.02. The van der Waals surface area contributed by atoms with Crippen molar-refractivity contribution in [3.8, 4) is 11.5 Å². The van der Waals surface area contributed by atoms with Crippen molar-refractivity contribution in [1.29, 1.82) is 0 Å². The number of carbonyl (C=O) groups excluding carboxylic acids is 2. The second kappa shape index (κ2) is 10.8. The Balaban J connectivity index is 1.65. The van der Waals surface area contributed by atoms with Crippen LogP contribution in [-0.2, 0) is 16.1 Å². The van der Waals surface area contributed by atoms with E-state index in [9.17, 15) is 9.59 Å². The van der Waals surface area contributed by atoms with Crippen molar-refractivity contribution in [1.82, 2.24) is 10.3 Å². The molecule has 0 spiro atoms. The Morgan fingerprint density at radius 1 is 1.10 bits per heavy atom. The largest absolute Gasteiger partial charge is 0.497 e. The third-order valence-electron chi connectivity index (χ3n) is 7.26. The van der Waals surface area contributed by atoms with Crippen LogP contribution in [-0.4, -0.2) is 37.4 Å². The van der Waals surface area contributed by atoms with Gasteiger partial charge in [0.2, 0.25) is 5.91 Å². The number of anilines is 2. The van der Waals surface area contributed by atoms with E-state index in [-0.39, 0.29) is 23.7 Å². The summed E-state index contributed by atoms with van der Waals surface area (Å²) in [7, 11) is 3.22. The normalized spacial score (nSPS) is 17.9. The van der Waals surface area contributed by atoms with Crippen LogP contribution in [0.3, 0.4) is 0 Å². The fraction of sp³-hybridized carbons (Fsp3) is 0.323. The zero-order valence-electron chi connectivity index (χ0n) is 22.8. The maximum Gasteiger partial charge on any atom is 0.239 e. The van der Waals surface area contributed by atoms with E-state index >= 15 is 0 Å². The SMILES string of the molecule is COc1ccc(OC)c(C2C3=C(CC(C)(C)CC3=O)Nc3ccccc3N2CC(=O)NCc2cccnc2)c1. The number of allylic oxidation sites excluding steroid dienone is 1. The lowest BCUT2D eigenvalue weighted by Gasteiger charge is -2.38. The summed E-state index contributed by atoms with van der Waals surface area (Å²) in [5, 5.41) is 6.60. The molecule has 2 heterocycles. The molecule has 0 radical (unpaired) electrons. The molecule has 1 atom stereocenters. The lowest BCUT2D eigenvalue weighted by molar-refractivity contribution is -0.121. The smallest absolute Gasteiger partial charge is 0.239 e. The second-order valence-corrected chi connectivity index (χ2v) is 10.8. The van der Waals surface area contributed by atoms with E-state index in [1.54, 1.807) is 26.6 Å². The summed E-state index contributed by atoms with van der Waals surface area (Å²) < 4.78 is 11.4. The fourth-order valence-electron chi connectivity index (χ4n) is 5.52. The first-order chi connectivity index (χ1) is 18.8. The van der Waals surface area contributed by atoms with E-state index in [1.165, 1.54) is 0 Å². The lowest BCUT2D eigenvalue weighted by Crippen LogP contribution is -2.42. The van der Waals surface area contributed by atoms with Gasteiger partial charge in [-0.3, -0.25) is 14.6 Å². The maximum absolute atomic E-state index is 13.9. The van der Waals surface area contributed by atoms with Gasteiger partial charge in [0, 0.05) is 42.2 Å². The number of fused-ring (bicyclic) bond motifs is 1. The highest BCUT2D eigenvalue weighted by Crippen LogP contribution is 2.50. The molecular formula is C31H34N4O4. The van der Waals surface area contributed by atoms with Gasteiger partial charge in [-0.05, 0) is 53.8 Å². The van der Waals surface area contributed by atoms with Gasteiger partial charge in [-0.25, -0.2) is 0 Å². The number of para-hydroxylation sites is 2. The van der Waals surface area contributed by atoms with Crippen molar-refractivity contribution in [2.45, 2.75) is 39.3 Å². The molecule has 1 unspecified atom stereocenters. The Hall–Kier alpha value is -4.33. The van der Waals surface area contributed by atoms with Crippen LogP contribution in [0.25, 0.3) is 0 Å². The maximum atomic E-state index is 13.9. The molecule has 3 aromatic rings. The van der Waals surface area contributed by atoms with E-state index in [1.807, 2.05) is 59.5 Å². The monoisotopic (exact) mass is 526 g/mol. The van der Waals surface area contributed by atoms with Crippen molar-refractivity contribution < 1.29 is 19.1 Å². The number of nitrogens with zero attached hydrogens (tertiary/aromatic N) is 2. The van der Waals surface area contributed by atoms with Gasteiger partial charge < -0.3 is 25.0 Å². The van der Waals surface area contributed by atoms with E-state index in [4.69, 9.17) is 9.47 Å². The zero-order chi connectivity index (χ0) is 27.6. The minimum absolute atomic E-state index is 0.0252. The molecule has 0 saturated carbocycles. The number of Topliss-reactive ketones (excluding diaryl/α,β-unsaturated/α-hetero) is 1. The van der Waals surface area contributed by atoms with Crippen LogP contribution in [0, 0.1) is 5.41 Å². The fourth-order valence-corrected chi connectivity index (χ4v) is 5.52. The minimum atomic E-state index is -0.575. The van der Waals surface area contributed by atoms with Gasteiger partial charge in [0.1, 0.15) is 11.5 Å². The van der Waals surface area contributed by atoms with Crippen LogP contribution in [0.4, 0.5) is 11.4 Å². The minimum Gasteiger partial charge on any atom is -0.497 e.